The van der Waals surface area contributed by atoms with E-state index in [1.807, 2.05) is 6.92 Å². The number of unbranched alkanes of at least 4 members (excludes halogenated alkanes) is 2. The maximum atomic E-state index is 13.4. The van der Waals surface area contributed by atoms with Crippen molar-refractivity contribution in [3.8, 4) is 17.2 Å². The first-order chi connectivity index (χ1) is 18.5. The van der Waals surface area contributed by atoms with Gasteiger partial charge in [-0.05, 0) is 68.1 Å². The van der Waals surface area contributed by atoms with E-state index in [4.69, 9.17) is 18.9 Å². The van der Waals surface area contributed by atoms with E-state index in [0.717, 1.165) is 32.1 Å². The molecule has 0 saturated carbocycles. The topological polar surface area (TPSA) is 94.5 Å². The first kappa shape index (κ1) is 27.5. The van der Waals surface area contributed by atoms with Crippen molar-refractivity contribution < 1.29 is 33.6 Å². The van der Waals surface area contributed by atoms with Crippen LogP contribution in [0.15, 0.2) is 48.0 Å². The second-order valence-electron chi connectivity index (χ2n) is 9.51. The molecule has 2 aromatic carbocycles. The van der Waals surface area contributed by atoms with E-state index in [1.165, 1.54) is 12.0 Å². The number of ketones is 1. The van der Waals surface area contributed by atoms with Crippen LogP contribution in [-0.4, -0.2) is 61.3 Å². The molecule has 4 rings (SSSR count). The van der Waals surface area contributed by atoms with Gasteiger partial charge in [-0.15, -0.1) is 0 Å². The number of Topliss-reactive ketones (excluding diaryl/α,β-unsaturated/α-hetero) is 1. The number of benzene rings is 2. The van der Waals surface area contributed by atoms with Crippen LogP contribution in [0.4, 0.5) is 0 Å². The molecule has 204 valence electrons. The molecule has 0 bridgehead atoms. The number of methoxy groups -OCH3 is 1. The summed E-state index contributed by atoms with van der Waals surface area (Å²) in [4.78, 5) is 28.1. The number of aliphatic hydroxyl groups is 1. The number of likely N-dealkylation sites (tertiary alicyclic amines) is 1. The summed E-state index contributed by atoms with van der Waals surface area (Å²) in [7, 11) is 1.54. The van der Waals surface area contributed by atoms with Gasteiger partial charge >= 0.3 is 0 Å². The predicted octanol–water partition coefficient (Wildman–Crippen LogP) is 5.26. The van der Waals surface area contributed by atoms with E-state index >= 15 is 0 Å². The Morgan fingerprint density at radius 3 is 2.50 bits per heavy atom. The van der Waals surface area contributed by atoms with Gasteiger partial charge in [0.15, 0.2) is 11.5 Å². The van der Waals surface area contributed by atoms with Crippen LogP contribution in [0.3, 0.4) is 0 Å². The van der Waals surface area contributed by atoms with Gasteiger partial charge in [0, 0.05) is 18.7 Å². The Kier molecular flexibility index (Phi) is 9.29. The highest BCUT2D eigenvalue weighted by Gasteiger charge is 2.47. The SMILES string of the molecule is CCCCCOc1ccc(/C(O)=C2/C(=O)C(=O)N(CC3CCCO3)C2c2ccc(OCC)c(OC)c2)cc1. The van der Waals surface area contributed by atoms with Gasteiger partial charge < -0.3 is 29.0 Å². The molecule has 8 heteroatoms. The lowest BCUT2D eigenvalue weighted by Crippen LogP contribution is -2.36. The number of carbonyl (C=O) groups is 2. The Hall–Kier alpha value is -3.52. The molecule has 38 heavy (non-hydrogen) atoms. The zero-order chi connectivity index (χ0) is 27.1. The zero-order valence-corrected chi connectivity index (χ0v) is 22.4. The lowest BCUT2D eigenvalue weighted by Gasteiger charge is -2.28. The highest BCUT2D eigenvalue weighted by molar-refractivity contribution is 6.46. The van der Waals surface area contributed by atoms with Gasteiger partial charge in [-0.3, -0.25) is 9.59 Å². The van der Waals surface area contributed by atoms with E-state index in [0.29, 0.717) is 48.2 Å². The first-order valence-corrected chi connectivity index (χ1v) is 13.4. The van der Waals surface area contributed by atoms with Crippen molar-refractivity contribution in [1.82, 2.24) is 4.90 Å². The molecule has 2 aliphatic heterocycles. The van der Waals surface area contributed by atoms with Crippen LogP contribution in [0.25, 0.3) is 5.76 Å². The average molecular weight is 524 g/mol. The van der Waals surface area contributed by atoms with Crippen molar-refractivity contribution >= 4 is 17.4 Å². The highest BCUT2D eigenvalue weighted by atomic mass is 16.5. The average Bonchev–Trinajstić information content (AvgIpc) is 3.54. The number of hydrogen-bond acceptors (Lipinski definition) is 7. The quantitative estimate of drug-likeness (QED) is 0.175. The van der Waals surface area contributed by atoms with Gasteiger partial charge in [0.2, 0.25) is 0 Å². The number of carbonyl (C=O) groups excluding carboxylic acids is 2. The number of ether oxygens (including phenoxy) is 4. The summed E-state index contributed by atoms with van der Waals surface area (Å²) in [6.07, 6.45) is 4.73. The minimum atomic E-state index is -0.797. The Morgan fingerprint density at radius 2 is 1.84 bits per heavy atom. The third-order valence-electron chi connectivity index (χ3n) is 6.91. The van der Waals surface area contributed by atoms with Gasteiger partial charge in [-0.2, -0.15) is 0 Å². The summed E-state index contributed by atoms with van der Waals surface area (Å²) in [5.74, 6) is 0.118. The van der Waals surface area contributed by atoms with Crippen LogP contribution in [0.1, 0.15) is 63.1 Å². The Balaban J connectivity index is 1.71. The molecule has 2 aromatic rings. The van der Waals surface area contributed by atoms with Gasteiger partial charge in [-0.25, -0.2) is 0 Å². The molecule has 0 spiro atoms. The smallest absolute Gasteiger partial charge is 0.295 e. The summed E-state index contributed by atoms with van der Waals surface area (Å²) < 4.78 is 22.7. The van der Waals surface area contributed by atoms with Crippen LogP contribution < -0.4 is 14.2 Å². The predicted molar refractivity (Wildman–Crippen MR) is 144 cm³/mol. The monoisotopic (exact) mass is 523 g/mol. The lowest BCUT2D eigenvalue weighted by molar-refractivity contribution is -0.140. The Morgan fingerprint density at radius 1 is 1.05 bits per heavy atom. The Bertz CT molecular complexity index is 1150. The fourth-order valence-corrected chi connectivity index (χ4v) is 4.96. The first-order valence-electron chi connectivity index (χ1n) is 13.4. The molecule has 2 atom stereocenters. The van der Waals surface area contributed by atoms with Crippen molar-refractivity contribution in [3.63, 3.8) is 0 Å². The third-order valence-corrected chi connectivity index (χ3v) is 6.91. The second kappa shape index (κ2) is 12.8. The molecule has 2 aliphatic rings. The third kappa shape index (κ3) is 5.96. The van der Waals surface area contributed by atoms with E-state index < -0.39 is 17.7 Å². The number of nitrogens with zero attached hydrogens (tertiary/aromatic N) is 1. The van der Waals surface area contributed by atoms with Crippen LogP contribution in [0.5, 0.6) is 17.2 Å². The van der Waals surface area contributed by atoms with Gasteiger partial charge in [0.1, 0.15) is 11.5 Å². The largest absolute Gasteiger partial charge is 0.507 e. The molecule has 1 amide bonds. The molecule has 2 fully saturated rings. The van der Waals surface area contributed by atoms with Crippen molar-refractivity contribution in [2.45, 2.75) is 58.1 Å². The fraction of sp³-hybridized carbons (Fsp3) is 0.467. The summed E-state index contributed by atoms with van der Waals surface area (Å²) >= 11 is 0. The van der Waals surface area contributed by atoms with Crippen LogP contribution in [0.2, 0.25) is 0 Å². The summed E-state index contributed by atoms with van der Waals surface area (Å²) in [6, 6.07) is 11.4. The van der Waals surface area contributed by atoms with Crippen molar-refractivity contribution in [2.75, 3.05) is 33.5 Å². The standard InChI is InChI=1S/C30H37NO7/c1-4-6-7-16-37-22-13-10-20(11-14-22)28(32)26-27(21-12-15-24(36-5-2)25(18-21)35-3)31(30(34)29(26)33)19-23-9-8-17-38-23/h10-15,18,23,27,32H,4-9,16-17,19H2,1-3H3/b28-26-. The summed E-state index contributed by atoms with van der Waals surface area (Å²) in [5, 5.41) is 11.4. The van der Waals surface area contributed by atoms with Gasteiger partial charge in [0.05, 0.1) is 38.0 Å². The molecule has 8 nitrogen and oxygen atoms in total. The lowest BCUT2D eigenvalue weighted by atomic mass is 9.94. The summed E-state index contributed by atoms with van der Waals surface area (Å²) in [5.41, 5.74) is 1.11. The zero-order valence-electron chi connectivity index (χ0n) is 22.4. The number of rotatable bonds is 12. The van der Waals surface area contributed by atoms with Gasteiger partial charge in [0.25, 0.3) is 11.7 Å². The fourth-order valence-electron chi connectivity index (χ4n) is 4.96. The Labute approximate surface area is 224 Å². The number of aliphatic hydroxyl groups excluding tert-OH is 1. The molecule has 0 aromatic heterocycles. The number of hydrogen-bond donors (Lipinski definition) is 1. The number of amides is 1. The van der Waals surface area contributed by atoms with Crippen molar-refractivity contribution in [3.05, 3.63) is 59.2 Å². The van der Waals surface area contributed by atoms with Crippen molar-refractivity contribution in [2.24, 2.45) is 0 Å². The molecular weight excluding hydrogens is 486 g/mol. The second-order valence-corrected chi connectivity index (χ2v) is 9.51. The van der Waals surface area contributed by atoms with Crippen LogP contribution in [-0.2, 0) is 14.3 Å². The molecule has 1 N–H and O–H groups in total. The van der Waals surface area contributed by atoms with Crippen LogP contribution in [0, 0.1) is 0 Å². The molecule has 0 aliphatic carbocycles. The highest BCUT2D eigenvalue weighted by Crippen LogP contribution is 2.42. The van der Waals surface area contributed by atoms with Crippen molar-refractivity contribution in [1.29, 1.82) is 0 Å². The molecular formula is C30H37NO7. The maximum Gasteiger partial charge on any atom is 0.295 e. The molecule has 2 unspecified atom stereocenters. The van der Waals surface area contributed by atoms with Gasteiger partial charge in [-0.1, -0.05) is 25.8 Å². The van der Waals surface area contributed by atoms with Crippen LogP contribution >= 0.6 is 0 Å². The van der Waals surface area contributed by atoms with E-state index in [2.05, 4.69) is 6.92 Å². The molecule has 2 heterocycles. The normalized spacial score (nSPS) is 20.7. The molecule has 2 saturated heterocycles. The molecule has 0 radical (unpaired) electrons. The van der Waals surface area contributed by atoms with E-state index in [-0.39, 0.29) is 24.0 Å². The minimum Gasteiger partial charge on any atom is -0.507 e. The maximum absolute atomic E-state index is 13.4. The van der Waals surface area contributed by atoms with E-state index in [1.54, 1.807) is 42.5 Å². The van der Waals surface area contributed by atoms with E-state index in [9.17, 15) is 14.7 Å². The summed E-state index contributed by atoms with van der Waals surface area (Å²) in [6.45, 7) is 5.98. The minimum absolute atomic E-state index is 0.0378.